The van der Waals surface area contributed by atoms with E-state index in [-0.39, 0.29) is 29.4 Å². The van der Waals surface area contributed by atoms with E-state index in [0.29, 0.717) is 29.8 Å². The van der Waals surface area contributed by atoms with E-state index in [9.17, 15) is 28.0 Å². The van der Waals surface area contributed by atoms with Crippen molar-refractivity contribution in [2.24, 2.45) is 11.8 Å². The molecule has 1 aliphatic heterocycles. The van der Waals surface area contributed by atoms with Crippen LogP contribution in [0, 0.1) is 25.7 Å². The van der Waals surface area contributed by atoms with Gasteiger partial charge in [-0.1, -0.05) is 12.8 Å². The molecule has 0 N–H and O–H groups in total. The van der Waals surface area contributed by atoms with Crippen LogP contribution in [0.2, 0.25) is 0 Å². The second kappa shape index (κ2) is 9.97. The number of alkyl halides is 2. The molecule has 2 fully saturated rings. The summed E-state index contributed by atoms with van der Waals surface area (Å²) in [6.07, 6.45) is 3.08. The van der Waals surface area contributed by atoms with Gasteiger partial charge < -0.3 is 14.0 Å². The predicted octanol–water partition coefficient (Wildman–Crippen LogP) is 3.60. The quantitative estimate of drug-likeness (QED) is 0.320. The lowest BCUT2D eigenvalue weighted by Gasteiger charge is -2.19. The number of ketones is 1. The maximum Gasteiger partial charge on any atom is 0.387 e. The van der Waals surface area contributed by atoms with Gasteiger partial charge in [-0.2, -0.15) is 8.78 Å². The number of halogens is 2. The minimum atomic E-state index is -2.92. The summed E-state index contributed by atoms with van der Waals surface area (Å²) in [5.41, 5.74) is 2.28. The average molecular weight is 488 g/mol. The van der Waals surface area contributed by atoms with Gasteiger partial charge in [0.1, 0.15) is 12.3 Å². The number of amides is 2. The normalized spacial score (nSPS) is 19.7. The van der Waals surface area contributed by atoms with Crippen LogP contribution in [0.15, 0.2) is 30.3 Å². The Balaban J connectivity index is 1.38. The number of Topliss-reactive ketones (excluding diaryl/α,β-unsaturated/α-hetero) is 1. The fourth-order valence-electron chi connectivity index (χ4n) is 5.00. The Morgan fingerprint density at radius 2 is 1.63 bits per heavy atom. The molecule has 1 aromatic carbocycles. The van der Waals surface area contributed by atoms with E-state index >= 15 is 0 Å². The molecule has 1 aliphatic carbocycles. The summed E-state index contributed by atoms with van der Waals surface area (Å²) in [7, 11) is 0. The third kappa shape index (κ3) is 4.96. The molecule has 186 valence electrons. The van der Waals surface area contributed by atoms with Crippen LogP contribution in [0.25, 0.3) is 5.69 Å². The largest absolute Gasteiger partial charge is 0.456 e. The number of fused-ring (bicyclic) bond motifs is 1. The van der Waals surface area contributed by atoms with Crippen molar-refractivity contribution in [1.29, 1.82) is 0 Å². The minimum Gasteiger partial charge on any atom is -0.456 e. The second-order valence-electron chi connectivity index (χ2n) is 8.84. The summed E-state index contributed by atoms with van der Waals surface area (Å²) in [5, 5.41) is 0. The number of likely N-dealkylation sites (tertiary alicyclic amines) is 1. The first-order valence-corrected chi connectivity index (χ1v) is 11.5. The van der Waals surface area contributed by atoms with Gasteiger partial charge in [-0.15, -0.1) is 0 Å². The highest BCUT2D eigenvalue weighted by atomic mass is 19.3. The van der Waals surface area contributed by atoms with E-state index in [4.69, 9.17) is 4.74 Å². The number of carbonyl (C=O) groups is 4. The first kappa shape index (κ1) is 24.6. The maximum atomic E-state index is 12.8. The molecule has 8 nitrogen and oxygen atoms in total. The molecule has 0 bridgehead atoms. The van der Waals surface area contributed by atoms with Crippen molar-refractivity contribution in [3.63, 3.8) is 0 Å². The molecule has 35 heavy (non-hydrogen) atoms. The molecule has 0 unspecified atom stereocenters. The van der Waals surface area contributed by atoms with Crippen LogP contribution in [0.5, 0.6) is 5.75 Å². The van der Waals surface area contributed by atoms with Gasteiger partial charge in [0.2, 0.25) is 17.6 Å². The zero-order chi connectivity index (χ0) is 25.3. The smallest absolute Gasteiger partial charge is 0.387 e. The summed E-state index contributed by atoms with van der Waals surface area (Å²) in [6, 6.07) is 7.63. The fraction of sp³-hybridized carbons (Fsp3) is 0.440. The number of hydrogen-bond donors (Lipinski definition) is 0. The highest BCUT2D eigenvalue weighted by Gasteiger charge is 2.48. The Morgan fingerprint density at radius 3 is 2.20 bits per heavy atom. The van der Waals surface area contributed by atoms with Crippen LogP contribution in [0.3, 0.4) is 0 Å². The molecule has 2 heterocycles. The summed E-state index contributed by atoms with van der Waals surface area (Å²) < 4.78 is 36.0. The summed E-state index contributed by atoms with van der Waals surface area (Å²) in [6.45, 7) is -0.455. The van der Waals surface area contributed by atoms with E-state index in [2.05, 4.69) is 4.74 Å². The molecule has 0 spiro atoms. The fourth-order valence-corrected chi connectivity index (χ4v) is 5.00. The lowest BCUT2D eigenvalue weighted by Crippen LogP contribution is -2.37. The standard InChI is InChI=1S/C25H26F2N2O6/c1-14-11-20(15(2)29(14)16-7-9-17(10-8-16)35-25(26)27)21(30)13-34-22(31)12-28-23(32)18-5-3-4-6-19(18)24(28)33/h7-11,18-19,25H,3-6,12-13H2,1-2H3/t18-,19-/m0/s1. The number of rotatable bonds is 8. The van der Waals surface area contributed by atoms with E-state index in [1.165, 1.54) is 12.1 Å². The average Bonchev–Trinajstić information content (AvgIpc) is 3.26. The van der Waals surface area contributed by atoms with E-state index in [1.807, 2.05) is 0 Å². The van der Waals surface area contributed by atoms with Gasteiger partial charge in [0.05, 0.1) is 11.8 Å². The Hall–Kier alpha value is -3.56. The number of hydrogen-bond acceptors (Lipinski definition) is 6. The topological polar surface area (TPSA) is 94.9 Å². The third-order valence-corrected chi connectivity index (χ3v) is 6.64. The molecule has 2 aliphatic rings. The minimum absolute atomic E-state index is 0.0173. The van der Waals surface area contributed by atoms with Crippen molar-refractivity contribution in [2.45, 2.75) is 46.1 Å². The third-order valence-electron chi connectivity index (χ3n) is 6.64. The zero-order valence-electron chi connectivity index (χ0n) is 19.5. The number of aryl methyl sites for hydroxylation is 1. The van der Waals surface area contributed by atoms with Crippen molar-refractivity contribution in [2.75, 3.05) is 13.2 Å². The van der Waals surface area contributed by atoms with Gasteiger partial charge in [-0.25, -0.2) is 0 Å². The van der Waals surface area contributed by atoms with Crippen molar-refractivity contribution in [1.82, 2.24) is 9.47 Å². The Morgan fingerprint density at radius 1 is 1.03 bits per heavy atom. The monoisotopic (exact) mass is 488 g/mol. The molecule has 2 atom stereocenters. The zero-order valence-corrected chi connectivity index (χ0v) is 19.5. The molecule has 2 amide bonds. The Kier molecular flexibility index (Phi) is 7.00. The van der Waals surface area contributed by atoms with Crippen LogP contribution in [-0.4, -0.2) is 52.8 Å². The molecule has 0 radical (unpaired) electrons. The maximum absolute atomic E-state index is 12.8. The molecular formula is C25H26F2N2O6. The van der Waals surface area contributed by atoms with Gasteiger partial charge in [0.15, 0.2) is 6.61 Å². The van der Waals surface area contributed by atoms with Crippen LogP contribution >= 0.6 is 0 Å². The molecule has 10 heteroatoms. The van der Waals surface area contributed by atoms with Crippen molar-refractivity contribution >= 4 is 23.6 Å². The molecule has 1 saturated carbocycles. The van der Waals surface area contributed by atoms with Crippen molar-refractivity contribution in [3.8, 4) is 11.4 Å². The highest BCUT2D eigenvalue weighted by Crippen LogP contribution is 2.37. The molecule has 1 aromatic heterocycles. The lowest BCUT2D eigenvalue weighted by atomic mass is 9.81. The Labute approximate surface area is 200 Å². The summed E-state index contributed by atoms with van der Waals surface area (Å²) in [5.74, 6) is -2.62. The van der Waals surface area contributed by atoms with Gasteiger partial charge >= 0.3 is 12.6 Å². The Bertz CT molecular complexity index is 1130. The number of ether oxygens (including phenoxy) is 2. The van der Waals surface area contributed by atoms with E-state index in [0.717, 1.165) is 23.4 Å². The van der Waals surface area contributed by atoms with Gasteiger partial charge in [-0.3, -0.25) is 24.1 Å². The molecular weight excluding hydrogens is 462 g/mol. The summed E-state index contributed by atoms with van der Waals surface area (Å²) in [4.78, 5) is 51.1. The van der Waals surface area contributed by atoms with Crippen LogP contribution in [-0.2, 0) is 19.1 Å². The van der Waals surface area contributed by atoms with Crippen LogP contribution in [0.1, 0.15) is 47.4 Å². The predicted molar refractivity (Wildman–Crippen MR) is 119 cm³/mol. The SMILES string of the molecule is Cc1cc(C(=O)COC(=O)CN2C(=O)[C@H]3CCCC[C@@H]3C2=O)c(C)n1-c1ccc(OC(F)F)cc1. The second-order valence-corrected chi connectivity index (χ2v) is 8.84. The molecule has 4 rings (SSSR count). The van der Waals surface area contributed by atoms with E-state index in [1.54, 1.807) is 36.6 Å². The highest BCUT2D eigenvalue weighted by molar-refractivity contribution is 6.07. The lowest BCUT2D eigenvalue weighted by molar-refractivity contribution is -0.152. The van der Waals surface area contributed by atoms with Gasteiger partial charge in [-0.05, 0) is 57.0 Å². The number of imide groups is 1. The first-order valence-electron chi connectivity index (χ1n) is 11.5. The van der Waals surface area contributed by atoms with Crippen LogP contribution in [0.4, 0.5) is 8.78 Å². The number of nitrogens with zero attached hydrogens (tertiary/aromatic N) is 2. The van der Waals surface area contributed by atoms with Gasteiger partial charge in [0.25, 0.3) is 0 Å². The van der Waals surface area contributed by atoms with Gasteiger partial charge in [0, 0.05) is 22.6 Å². The molecule has 2 aromatic rings. The van der Waals surface area contributed by atoms with Crippen molar-refractivity contribution in [3.05, 3.63) is 47.3 Å². The van der Waals surface area contributed by atoms with Crippen molar-refractivity contribution < 1.29 is 37.4 Å². The van der Waals surface area contributed by atoms with E-state index < -0.39 is 31.5 Å². The number of aromatic nitrogens is 1. The number of esters is 1. The number of carbonyl (C=O) groups excluding carboxylic acids is 4. The van der Waals surface area contributed by atoms with Crippen LogP contribution < -0.4 is 4.74 Å². The first-order chi connectivity index (χ1) is 16.7. The molecule has 1 saturated heterocycles. The number of benzene rings is 1. The summed E-state index contributed by atoms with van der Waals surface area (Å²) >= 11 is 0.